The summed E-state index contributed by atoms with van der Waals surface area (Å²) in [5.74, 6) is -1.18. The zero-order valence-electron chi connectivity index (χ0n) is 16.2. The quantitative estimate of drug-likeness (QED) is 0.624. The van der Waals surface area contributed by atoms with Gasteiger partial charge in [-0.25, -0.2) is 9.96 Å². The molecular weight excluding hydrogens is 376 g/mol. The van der Waals surface area contributed by atoms with Crippen molar-refractivity contribution >= 4 is 29.3 Å². The van der Waals surface area contributed by atoms with Crippen LogP contribution in [0.15, 0.2) is 97.1 Å². The molecule has 5 heteroatoms. The van der Waals surface area contributed by atoms with E-state index < -0.39 is 18.1 Å². The van der Waals surface area contributed by atoms with Gasteiger partial charge in [0.15, 0.2) is 6.10 Å². The van der Waals surface area contributed by atoms with Gasteiger partial charge in [-0.05, 0) is 29.8 Å². The van der Waals surface area contributed by atoms with Gasteiger partial charge in [-0.2, -0.15) is 0 Å². The van der Waals surface area contributed by atoms with E-state index in [9.17, 15) is 9.59 Å². The second-order valence-electron chi connectivity index (χ2n) is 7.32. The van der Waals surface area contributed by atoms with Crippen LogP contribution in [-0.4, -0.2) is 24.0 Å². The fourth-order valence-electron chi connectivity index (χ4n) is 4.05. The normalized spacial score (nSPS) is 23.4. The summed E-state index contributed by atoms with van der Waals surface area (Å²) >= 11 is 0. The predicted octanol–water partition coefficient (Wildman–Crippen LogP) is 4.08. The summed E-state index contributed by atoms with van der Waals surface area (Å²) < 4.78 is 0. The molecule has 0 N–H and O–H groups in total. The molecule has 5 rings (SSSR count). The molecule has 2 fully saturated rings. The van der Waals surface area contributed by atoms with Crippen molar-refractivity contribution in [3.8, 4) is 0 Å². The Hall–Kier alpha value is -3.70. The highest BCUT2D eigenvalue weighted by Crippen LogP contribution is 2.40. The van der Waals surface area contributed by atoms with E-state index in [4.69, 9.17) is 4.84 Å². The molecule has 2 saturated heterocycles. The number of nitrogens with zero attached hydrogens (tertiary/aromatic N) is 2. The van der Waals surface area contributed by atoms with Gasteiger partial charge in [0, 0.05) is 0 Å². The number of anilines is 2. The Bertz CT molecular complexity index is 1080. The number of para-hydroxylation sites is 2. The molecule has 0 bridgehead atoms. The number of hydrogen-bond acceptors (Lipinski definition) is 4. The highest BCUT2D eigenvalue weighted by atomic mass is 16.7. The fourth-order valence-corrected chi connectivity index (χ4v) is 4.05. The van der Waals surface area contributed by atoms with Gasteiger partial charge in [-0.3, -0.25) is 14.4 Å². The van der Waals surface area contributed by atoms with Crippen molar-refractivity contribution in [2.45, 2.75) is 12.1 Å². The van der Waals surface area contributed by atoms with Gasteiger partial charge in [0.2, 0.25) is 5.91 Å². The number of hydrogen-bond donors (Lipinski definition) is 0. The Balaban J connectivity index is 1.52. The maximum absolute atomic E-state index is 13.4. The first kappa shape index (κ1) is 18.3. The Morgan fingerprint density at radius 2 is 1.27 bits per heavy atom. The van der Waals surface area contributed by atoms with E-state index in [-0.39, 0.29) is 11.8 Å². The van der Waals surface area contributed by atoms with Gasteiger partial charge in [0.25, 0.3) is 5.91 Å². The highest BCUT2D eigenvalue weighted by molar-refractivity contribution is 6.24. The van der Waals surface area contributed by atoms with Crippen molar-refractivity contribution in [3.05, 3.63) is 103 Å². The SMILES string of the molecule is O=C1[C@@H]2ON(c3ccccc3)C(/C=C/c3ccccc3)[C@@H]2C(=O)N1c1ccccc1. The first-order valence-electron chi connectivity index (χ1n) is 9.91. The van der Waals surface area contributed by atoms with E-state index >= 15 is 0 Å². The van der Waals surface area contributed by atoms with Crippen LogP contribution in [0.5, 0.6) is 0 Å². The molecular formula is C25H20N2O3. The number of carbonyl (C=O) groups excluding carboxylic acids is 2. The number of benzene rings is 3. The van der Waals surface area contributed by atoms with Crippen molar-refractivity contribution in [2.24, 2.45) is 5.92 Å². The largest absolute Gasteiger partial charge is 0.273 e. The summed E-state index contributed by atoms with van der Waals surface area (Å²) in [6, 6.07) is 28.0. The molecule has 2 aliphatic heterocycles. The lowest BCUT2D eigenvalue weighted by molar-refractivity contribution is -0.126. The lowest BCUT2D eigenvalue weighted by Gasteiger charge is -2.26. The monoisotopic (exact) mass is 396 g/mol. The third kappa shape index (κ3) is 3.09. The highest BCUT2D eigenvalue weighted by Gasteiger charge is 2.59. The van der Waals surface area contributed by atoms with Crippen LogP contribution in [0.25, 0.3) is 6.08 Å². The predicted molar refractivity (Wildman–Crippen MR) is 115 cm³/mol. The number of hydroxylamine groups is 1. The second kappa shape index (κ2) is 7.61. The van der Waals surface area contributed by atoms with Crippen molar-refractivity contribution in [2.75, 3.05) is 9.96 Å². The molecule has 2 aliphatic rings. The van der Waals surface area contributed by atoms with Crippen LogP contribution in [0, 0.1) is 5.92 Å². The Labute approximate surface area is 174 Å². The first-order valence-corrected chi connectivity index (χ1v) is 9.91. The lowest BCUT2D eigenvalue weighted by atomic mass is 9.95. The smallest absolute Gasteiger partial charge is 0.266 e. The number of amides is 2. The van der Waals surface area contributed by atoms with Crippen molar-refractivity contribution < 1.29 is 14.4 Å². The minimum atomic E-state index is -0.844. The summed E-state index contributed by atoms with van der Waals surface area (Å²) in [4.78, 5) is 33.8. The van der Waals surface area contributed by atoms with Gasteiger partial charge < -0.3 is 0 Å². The second-order valence-corrected chi connectivity index (χ2v) is 7.32. The standard InChI is InChI=1S/C25H20N2O3/c28-24-22-21(17-16-18-10-4-1-5-11-18)27(20-14-8-3-9-15-20)30-23(22)25(29)26(24)19-12-6-2-7-13-19/h1-17,21-23H/b17-16+/t21?,22-,23+/m0/s1. The molecule has 30 heavy (non-hydrogen) atoms. The maximum Gasteiger partial charge on any atom is 0.266 e. The van der Waals surface area contributed by atoms with Crippen molar-refractivity contribution in [1.29, 1.82) is 0 Å². The average molecular weight is 396 g/mol. The van der Waals surface area contributed by atoms with Gasteiger partial charge in [0.05, 0.1) is 17.4 Å². The fraction of sp³-hybridized carbons (Fsp3) is 0.120. The summed E-state index contributed by atoms with van der Waals surface area (Å²) in [6.45, 7) is 0. The van der Waals surface area contributed by atoms with Crippen LogP contribution in [0.2, 0.25) is 0 Å². The number of imide groups is 1. The molecule has 1 unspecified atom stereocenters. The summed E-state index contributed by atoms with van der Waals surface area (Å²) in [5.41, 5.74) is 2.40. The van der Waals surface area contributed by atoms with Gasteiger partial charge >= 0.3 is 0 Å². The van der Waals surface area contributed by atoms with E-state index in [0.717, 1.165) is 11.3 Å². The van der Waals surface area contributed by atoms with Crippen LogP contribution >= 0.6 is 0 Å². The van der Waals surface area contributed by atoms with Gasteiger partial charge in [0.1, 0.15) is 5.92 Å². The molecule has 0 aliphatic carbocycles. The summed E-state index contributed by atoms with van der Waals surface area (Å²) in [6.07, 6.45) is 3.07. The van der Waals surface area contributed by atoms with Crippen LogP contribution in [0.1, 0.15) is 5.56 Å². The lowest BCUT2D eigenvalue weighted by Crippen LogP contribution is -2.39. The Morgan fingerprint density at radius 1 is 0.700 bits per heavy atom. The van der Waals surface area contributed by atoms with Crippen LogP contribution in [0.4, 0.5) is 11.4 Å². The molecule has 0 spiro atoms. The van der Waals surface area contributed by atoms with Crippen LogP contribution in [-0.2, 0) is 14.4 Å². The molecule has 148 valence electrons. The zero-order valence-corrected chi connectivity index (χ0v) is 16.2. The van der Waals surface area contributed by atoms with Gasteiger partial charge in [-0.1, -0.05) is 78.9 Å². The topological polar surface area (TPSA) is 49.9 Å². The Kier molecular flexibility index (Phi) is 4.65. The van der Waals surface area contributed by atoms with E-state index in [2.05, 4.69) is 0 Å². The molecule has 3 aromatic rings. The van der Waals surface area contributed by atoms with E-state index in [0.29, 0.717) is 5.69 Å². The van der Waals surface area contributed by atoms with E-state index in [1.165, 1.54) is 4.90 Å². The van der Waals surface area contributed by atoms with E-state index in [1.807, 2.05) is 91.0 Å². The summed E-state index contributed by atoms with van der Waals surface area (Å²) in [7, 11) is 0. The van der Waals surface area contributed by atoms with Crippen molar-refractivity contribution in [3.63, 3.8) is 0 Å². The van der Waals surface area contributed by atoms with Gasteiger partial charge in [-0.15, -0.1) is 0 Å². The third-order valence-electron chi connectivity index (χ3n) is 5.47. The molecule has 3 aromatic carbocycles. The number of carbonyl (C=O) groups is 2. The molecule has 2 heterocycles. The molecule has 0 aromatic heterocycles. The molecule has 0 saturated carbocycles. The van der Waals surface area contributed by atoms with Crippen molar-refractivity contribution in [1.82, 2.24) is 0 Å². The van der Waals surface area contributed by atoms with Crippen LogP contribution in [0.3, 0.4) is 0 Å². The molecule has 3 atom stereocenters. The minimum Gasteiger partial charge on any atom is -0.273 e. The molecule has 0 radical (unpaired) electrons. The number of rotatable bonds is 4. The van der Waals surface area contributed by atoms with E-state index in [1.54, 1.807) is 17.2 Å². The number of fused-ring (bicyclic) bond motifs is 1. The molecule has 2 amide bonds. The minimum absolute atomic E-state index is 0.239. The summed E-state index contributed by atoms with van der Waals surface area (Å²) in [5, 5.41) is 1.69. The Morgan fingerprint density at radius 3 is 1.90 bits per heavy atom. The average Bonchev–Trinajstić information content (AvgIpc) is 3.30. The molecule has 5 nitrogen and oxygen atoms in total. The third-order valence-corrected chi connectivity index (χ3v) is 5.47. The maximum atomic E-state index is 13.4. The first-order chi connectivity index (χ1) is 14.7. The van der Waals surface area contributed by atoms with Crippen LogP contribution < -0.4 is 9.96 Å². The zero-order chi connectivity index (χ0) is 20.5.